The number of hydrogen-bond donors (Lipinski definition) is 1. The first-order valence-electron chi connectivity index (χ1n) is 11.1. The number of fused-ring (bicyclic) bond motifs is 3. The van der Waals surface area contributed by atoms with Crippen molar-refractivity contribution in [3.8, 4) is 5.75 Å². The standard InChI is InChI=1S/C28H28N2O2/c1-27(2)24-10-6-7-11-25(24)30-19-17-26(31)29-28(27,30)18-16-21-12-14-23(15-13-21)32-20-22-8-4-3-5-9-22/h3-16,18H,17,19-20H2,1-2H3,(H,29,31)/b18-16+/t28-/m1/s1. The van der Waals surface area contributed by atoms with Crippen molar-refractivity contribution in [1.82, 2.24) is 5.32 Å². The van der Waals surface area contributed by atoms with Gasteiger partial charge in [-0.15, -0.1) is 0 Å². The topological polar surface area (TPSA) is 41.6 Å². The Kier molecular flexibility index (Phi) is 5.01. The number of hydrogen-bond acceptors (Lipinski definition) is 3. The van der Waals surface area contributed by atoms with Crippen molar-refractivity contribution < 1.29 is 9.53 Å². The number of carbonyl (C=O) groups excluding carboxylic acids is 1. The lowest BCUT2D eigenvalue weighted by Crippen LogP contribution is -2.68. The first-order chi connectivity index (χ1) is 15.5. The zero-order valence-corrected chi connectivity index (χ0v) is 18.5. The van der Waals surface area contributed by atoms with E-state index in [0.717, 1.165) is 16.9 Å². The van der Waals surface area contributed by atoms with E-state index in [1.807, 2.05) is 30.3 Å². The third kappa shape index (κ3) is 3.36. The Morgan fingerprint density at radius 2 is 1.69 bits per heavy atom. The van der Waals surface area contributed by atoms with Crippen LogP contribution in [0.15, 0.2) is 84.9 Å². The number of anilines is 1. The summed E-state index contributed by atoms with van der Waals surface area (Å²) in [6.45, 7) is 5.68. The van der Waals surface area contributed by atoms with Crippen LogP contribution in [0.5, 0.6) is 5.75 Å². The van der Waals surface area contributed by atoms with Crippen LogP contribution in [-0.2, 0) is 16.8 Å². The minimum Gasteiger partial charge on any atom is -0.489 e. The normalized spacial score (nSPS) is 21.2. The molecule has 0 saturated carbocycles. The molecule has 3 aromatic carbocycles. The second-order valence-corrected chi connectivity index (χ2v) is 9.03. The number of nitrogens with zero attached hydrogens (tertiary/aromatic N) is 1. The Morgan fingerprint density at radius 1 is 0.969 bits per heavy atom. The van der Waals surface area contributed by atoms with E-state index in [9.17, 15) is 4.79 Å². The van der Waals surface area contributed by atoms with E-state index in [2.05, 4.69) is 84.7 Å². The van der Waals surface area contributed by atoms with Crippen molar-refractivity contribution in [1.29, 1.82) is 0 Å². The Labute approximate surface area is 189 Å². The smallest absolute Gasteiger partial charge is 0.223 e. The quantitative estimate of drug-likeness (QED) is 0.605. The molecule has 32 heavy (non-hydrogen) atoms. The summed E-state index contributed by atoms with van der Waals surface area (Å²) < 4.78 is 5.91. The molecular formula is C28H28N2O2. The molecule has 5 rings (SSSR count). The van der Waals surface area contributed by atoms with Gasteiger partial charge in [-0.3, -0.25) is 4.79 Å². The average molecular weight is 425 g/mol. The maximum atomic E-state index is 12.5. The number of benzene rings is 3. The predicted molar refractivity (Wildman–Crippen MR) is 129 cm³/mol. The molecule has 0 bridgehead atoms. The van der Waals surface area contributed by atoms with Crippen molar-refractivity contribution >= 4 is 17.7 Å². The van der Waals surface area contributed by atoms with Gasteiger partial charge in [0.05, 0.1) is 0 Å². The largest absolute Gasteiger partial charge is 0.489 e. The SMILES string of the molecule is CC1(C)c2ccccc2N2CCC(=O)N[C@]21/C=C/c1ccc(OCc2ccccc2)cc1. The highest BCUT2D eigenvalue weighted by atomic mass is 16.5. The molecule has 0 aromatic heterocycles. The molecule has 2 aliphatic heterocycles. The Hall–Kier alpha value is -3.53. The highest BCUT2D eigenvalue weighted by Gasteiger charge is 2.57. The number of carbonyl (C=O) groups is 1. The molecule has 1 amide bonds. The third-order valence-electron chi connectivity index (χ3n) is 6.78. The van der Waals surface area contributed by atoms with E-state index in [4.69, 9.17) is 4.74 Å². The molecule has 1 saturated heterocycles. The highest BCUT2D eigenvalue weighted by molar-refractivity contribution is 5.84. The van der Waals surface area contributed by atoms with Crippen LogP contribution in [0, 0.1) is 0 Å². The van der Waals surface area contributed by atoms with Crippen LogP contribution in [0.2, 0.25) is 0 Å². The molecule has 0 aliphatic carbocycles. The van der Waals surface area contributed by atoms with Crippen LogP contribution in [0.4, 0.5) is 5.69 Å². The van der Waals surface area contributed by atoms with Crippen LogP contribution in [0.3, 0.4) is 0 Å². The summed E-state index contributed by atoms with van der Waals surface area (Å²) in [5.74, 6) is 0.932. The fraction of sp³-hybridized carbons (Fsp3) is 0.250. The molecule has 0 unspecified atom stereocenters. The number of rotatable bonds is 5. The monoisotopic (exact) mass is 424 g/mol. The van der Waals surface area contributed by atoms with Crippen molar-refractivity contribution in [2.45, 2.75) is 38.0 Å². The molecule has 2 heterocycles. The minimum atomic E-state index is -0.589. The van der Waals surface area contributed by atoms with Gasteiger partial charge < -0.3 is 15.0 Å². The fourth-order valence-electron chi connectivity index (χ4n) is 4.95. The van der Waals surface area contributed by atoms with E-state index in [-0.39, 0.29) is 11.3 Å². The van der Waals surface area contributed by atoms with Crippen LogP contribution < -0.4 is 15.0 Å². The summed E-state index contributed by atoms with van der Waals surface area (Å²) in [5, 5.41) is 3.32. The van der Waals surface area contributed by atoms with Crippen LogP contribution in [0.25, 0.3) is 6.08 Å². The number of amides is 1. The molecular weight excluding hydrogens is 396 g/mol. The summed E-state index contributed by atoms with van der Waals surface area (Å²) in [6, 6.07) is 26.7. The first-order valence-corrected chi connectivity index (χ1v) is 11.1. The van der Waals surface area contributed by atoms with Crippen LogP contribution in [-0.4, -0.2) is 18.1 Å². The number of para-hydroxylation sites is 1. The Bertz CT molecular complexity index is 1150. The first kappa shape index (κ1) is 20.4. The lowest BCUT2D eigenvalue weighted by atomic mass is 9.74. The van der Waals surface area contributed by atoms with Gasteiger partial charge in [-0.2, -0.15) is 0 Å². The molecule has 1 fully saturated rings. The second-order valence-electron chi connectivity index (χ2n) is 9.03. The molecule has 4 heteroatoms. The van der Waals surface area contributed by atoms with Gasteiger partial charge in [0.25, 0.3) is 0 Å². The maximum absolute atomic E-state index is 12.5. The summed E-state index contributed by atoms with van der Waals surface area (Å²) in [4.78, 5) is 14.9. The maximum Gasteiger partial charge on any atom is 0.223 e. The van der Waals surface area contributed by atoms with Crippen molar-refractivity contribution in [2.75, 3.05) is 11.4 Å². The molecule has 3 aromatic rings. The third-order valence-corrected chi connectivity index (χ3v) is 6.78. The number of ether oxygens (including phenoxy) is 1. The summed E-state index contributed by atoms with van der Waals surface area (Å²) in [6.07, 6.45) is 4.77. The Balaban J connectivity index is 1.39. The lowest BCUT2D eigenvalue weighted by molar-refractivity contribution is -0.124. The Morgan fingerprint density at radius 3 is 2.47 bits per heavy atom. The zero-order valence-electron chi connectivity index (χ0n) is 18.5. The fourth-order valence-corrected chi connectivity index (χ4v) is 4.95. The van der Waals surface area contributed by atoms with Crippen molar-refractivity contribution in [3.05, 3.63) is 102 Å². The van der Waals surface area contributed by atoms with Crippen LogP contribution in [0.1, 0.15) is 37.0 Å². The van der Waals surface area contributed by atoms with Gasteiger partial charge >= 0.3 is 0 Å². The van der Waals surface area contributed by atoms with Gasteiger partial charge in [0.2, 0.25) is 5.91 Å². The van der Waals surface area contributed by atoms with E-state index in [1.54, 1.807) is 0 Å². The summed E-state index contributed by atoms with van der Waals surface area (Å²) in [7, 11) is 0. The summed E-state index contributed by atoms with van der Waals surface area (Å²) in [5.41, 5.74) is 3.82. The van der Waals surface area contributed by atoms with Crippen molar-refractivity contribution in [3.63, 3.8) is 0 Å². The minimum absolute atomic E-state index is 0.0939. The molecule has 1 atom stereocenters. The van der Waals surface area contributed by atoms with Gasteiger partial charge in [-0.25, -0.2) is 0 Å². The molecule has 162 valence electrons. The van der Waals surface area contributed by atoms with E-state index >= 15 is 0 Å². The van der Waals surface area contributed by atoms with Crippen molar-refractivity contribution in [2.24, 2.45) is 0 Å². The average Bonchev–Trinajstić information content (AvgIpc) is 3.01. The van der Waals surface area contributed by atoms with E-state index in [1.165, 1.54) is 11.3 Å². The van der Waals surface area contributed by atoms with Gasteiger partial charge in [-0.1, -0.05) is 80.6 Å². The molecule has 4 nitrogen and oxygen atoms in total. The van der Waals surface area contributed by atoms with Gasteiger partial charge in [0.15, 0.2) is 0 Å². The molecule has 0 spiro atoms. The highest BCUT2D eigenvalue weighted by Crippen LogP contribution is 2.52. The van der Waals surface area contributed by atoms with Crippen LogP contribution >= 0.6 is 0 Å². The van der Waals surface area contributed by atoms with Gasteiger partial charge in [0.1, 0.15) is 18.0 Å². The number of nitrogens with one attached hydrogen (secondary N) is 1. The zero-order chi connectivity index (χ0) is 22.2. The van der Waals surface area contributed by atoms with Gasteiger partial charge in [-0.05, 0) is 41.0 Å². The predicted octanol–water partition coefficient (Wildman–Crippen LogP) is 5.29. The second kappa shape index (κ2) is 7.86. The molecule has 2 aliphatic rings. The van der Waals surface area contributed by atoms with Gasteiger partial charge in [0, 0.05) is 24.1 Å². The van der Waals surface area contributed by atoms with E-state index < -0.39 is 5.66 Å². The molecule has 0 radical (unpaired) electrons. The summed E-state index contributed by atoms with van der Waals surface area (Å²) >= 11 is 0. The lowest BCUT2D eigenvalue weighted by Gasteiger charge is -2.49. The molecule has 1 N–H and O–H groups in total. The van der Waals surface area contributed by atoms with E-state index in [0.29, 0.717) is 19.6 Å².